The molecule has 5 nitrogen and oxygen atoms in total. The van der Waals surface area contributed by atoms with Gasteiger partial charge in [-0.2, -0.15) is 8.78 Å². The fourth-order valence-electron chi connectivity index (χ4n) is 4.48. The quantitative estimate of drug-likeness (QED) is 0.212. The fourth-order valence-corrected chi connectivity index (χ4v) is 4.48. The summed E-state index contributed by atoms with van der Waals surface area (Å²) in [5.41, 5.74) is 14.2. The molecular weight excluding hydrogens is 450 g/mol. The first-order valence-corrected chi connectivity index (χ1v) is 12.4. The number of alkyl halides is 2. The topological polar surface area (TPSA) is 87.6 Å². The van der Waals surface area contributed by atoms with Crippen LogP contribution in [-0.2, 0) is 16.0 Å². The molecule has 0 saturated heterocycles. The average molecular weight is 487 g/mol. The summed E-state index contributed by atoms with van der Waals surface area (Å²) in [5.74, 6) is -0.571. The third-order valence-electron chi connectivity index (χ3n) is 6.62. The van der Waals surface area contributed by atoms with Crippen LogP contribution < -0.4 is 16.2 Å². The first kappa shape index (κ1) is 26.5. The van der Waals surface area contributed by atoms with Crippen molar-refractivity contribution in [1.82, 2.24) is 0 Å². The highest BCUT2D eigenvalue weighted by molar-refractivity contribution is 5.87. The molecule has 3 rings (SSSR count). The summed E-state index contributed by atoms with van der Waals surface area (Å²) in [5, 5.41) is 0. The van der Waals surface area contributed by atoms with E-state index in [1.54, 1.807) is 36.4 Å². The molecule has 0 amide bonds. The van der Waals surface area contributed by atoms with Crippen LogP contribution in [0.1, 0.15) is 63.0 Å². The van der Waals surface area contributed by atoms with Crippen molar-refractivity contribution in [2.45, 2.75) is 64.4 Å². The number of ether oxygens (including phenoxy) is 2. The van der Waals surface area contributed by atoms with Crippen LogP contribution in [0.3, 0.4) is 0 Å². The molecule has 0 bridgehead atoms. The lowest BCUT2D eigenvalue weighted by Gasteiger charge is -2.33. The molecule has 0 heterocycles. The number of rotatable bonds is 11. The summed E-state index contributed by atoms with van der Waals surface area (Å²) in [4.78, 5) is 12.0. The van der Waals surface area contributed by atoms with Crippen molar-refractivity contribution >= 4 is 23.4 Å². The standard InChI is InChI=1S/C28H36F2N2O3/c1-2-3-4-20-5-11-23(12-6-20)28(29,30)35-25-14-7-21(8-15-25)9-16-27(33)34-18-17-22-10-13-24(31)19-26(22)32/h7-10,13-16,19-20,23H,2-6,11-12,17-18,31-32H2,1H3/b16-9+. The van der Waals surface area contributed by atoms with Crippen molar-refractivity contribution in [3.63, 3.8) is 0 Å². The van der Waals surface area contributed by atoms with Gasteiger partial charge in [-0.25, -0.2) is 4.79 Å². The smallest absolute Gasteiger partial charge is 0.400 e. The normalized spacial score (nSPS) is 18.5. The molecular formula is C28H36F2N2O3. The molecule has 0 spiro atoms. The lowest BCUT2D eigenvalue weighted by Crippen LogP contribution is -2.37. The zero-order chi connectivity index (χ0) is 25.3. The molecule has 0 aromatic heterocycles. The van der Waals surface area contributed by atoms with Gasteiger partial charge in [-0.1, -0.05) is 44.4 Å². The molecule has 1 aliphatic rings. The maximum Gasteiger partial charge on any atom is 0.400 e. The van der Waals surface area contributed by atoms with Crippen LogP contribution in [-0.4, -0.2) is 18.7 Å². The van der Waals surface area contributed by atoms with Crippen molar-refractivity contribution in [2.75, 3.05) is 18.1 Å². The highest BCUT2D eigenvalue weighted by Gasteiger charge is 2.43. The summed E-state index contributed by atoms with van der Waals surface area (Å²) in [7, 11) is 0. The van der Waals surface area contributed by atoms with E-state index in [1.165, 1.54) is 24.6 Å². The van der Waals surface area contributed by atoms with Gasteiger partial charge in [-0.15, -0.1) is 0 Å². The number of halogens is 2. The van der Waals surface area contributed by atoms with Gasteiger partial charge in [-0.3, -0.25) is 0 Å². The molecule has 0 aliphatic heterocycles. The number of carbonyl (C=O) groups excluding carboxylic acids is 1. The van der Waals surface area contributed by atoms with Gasteiger partial charge in [0, 0.05) is 23.9 Å². The molecule has 0 unspecified atom stereocenters. The first-order chi connectivity index (χ1) is 16.8. The van der Waals surface area contributed by atoms with Crippen LogP contribution in [0.25, 0.3) is 6.08 Å². The molecule has 1 saturated carbocycles. The molecule has 2 aromatic rings. The Labute approximate surface area is 206 Å². The molecule has 7 heteroatoms. The van der Waals surface area contributed by atoms with E-state index >= 15 is 0 Å². The highest BCUT2D eigenvalue weighted by Crippen LogP contribution is 2.41. The number of carbonyl (C=O) groups is 1. The Kier molecular flexibility index (Phi) is 9.52. The second-order valence-corrected chi connectivity index (χ2v) is 9.30. The highest BCUT2D eigenvalue weighted by atomic mass is 19.3. The van der Waals surface area contributed by atoms with Crippen LogP contribution in [0.5, 0.6) is 5.75 Å². The summed E-state index contributed by atoms with van der Waals surface area (Å²) in [6, 6.07) is 11.5. The molecule has 2 aromatic carbocycles. The van der Waals surface area contributed by atoms with Crippen molar-refractivity contribution in [1.29, 1.82) is 0 Å². The van der Waals surface area contributed by atoms with Crippen LogP contribution >= 0.6 is 0 Å². The predicted octanol–water partition coefficient (Wildman–Crippen LogP) is 6.62. The Morgan fingerprint density at radius 2 is 1.80 bits per heavy atom. The molecule has 190 valence electrons. The summed E-state index contributed by atoms with van der Waals surface area (Å²) >= 11 is 0. The predicted molar refractivity (Wildman–Crippen MR) is 136 cm³/mol. The lowest BCUT2D eigenvalue weighted by atomic mass is 9.79. The third kappa shape index (κ3) is 8.26. The number of esters is 1. The van der Waals surface area contributed by atoms with Crippen LogP contribution in [0.2, 0.25) is 0 Å². The summed E-state index contributed by atoms with van der Waals surface area (Å²) in [6.07, 6.45) is 6.28. The van der Waals surface area contributed by atoms with Crippen LogP contribution in [0, 0.1) is 11.8 Å². The Bertz CT molecular complexity index is 984. The van der Waals surface area contributed by atoms with Crippen molar-refractivity contribution in [2.24, 2.45) is 11.8 Å². The zero-order valence-electron chi connectivity index (χ0n) is 20.4. The van der Waals surface area contributed by atoms with Gasteiger partial charge in [0.2, 0.25) is 0 Å². The van der Waals surface area contributed by atoms with E-state index in [2.05, 4.69) is 6.92 Å². The largest absolute Gasteiger partial charge is 0.462 e. The van der Waals surface area contributed by atoms with E-state index in [0.717, 1.165) is 31.2 Å². The SMILES string of the molecule is CCCCC1CCC(C(F)(F)Oc2ccc(/C=C/C(=O)OCCc3ccc(N)cc3N)cc2)CC1. The number of hydrogen-bond donors (Lipinski definition) is 2. The van der Waals surface area contributed by atoms with E-state index in [1.807, 2.05) is 0 Å². The minimum Gasteiger partial charge on any atom is -0.462 e. The molecule has 1 fully saturated rings. The minimum atomic E-state index is -3.19. The Morgan fingerprint density at radius 3 is 2.46 bits per heavy atom. The van der Waals surface area contributed by atoms with Crippen molar-refractivity contribution in [3.05, 3.63) is 59.7 Å². The van der Waals surface area contributed by atoms with E-state index < -0.39 is 18.0 Å². The maximum absolute atomic E-state index is 14.7. The second kappa shape index (κ2) is 12.6. The van der Waals surface area contributed by atoms with Crippen molar-refractivity contribution < 1.29 is 23.0 Å². The van der Waals surface area contributed by atoms with Gasteiger partial charge in [0.15, 0.2) is 0 Å². The zero-order valence-corrected chi connectivity index (χ0v) is 20.4. The number of anilines is 2. The first-order valence-electron chi connectivity index (χ1n) is 12.4. The van der Waals surface area contributed by atoms with Gasteiger partial charge in [0.05, 0.1) is 12.5 Å². The van der Waals surface area contributed by atoms with E-state index in [-0.39, 0.29) is 12.4 Å². The van der Waals surface area contributed by atoms with Crippen LogP contribution in [0.4, 0.5) is 20.2 Å². The Hall–Kier alpha value is -3.09. The summed E-state index contributed by atoms with van der Waals surface area (Å²) < 4.78 is 39.7. The number of nitrogen functional groups attached to an aromatic ring is 2. The minimum absolute atomic E-state index is 0.115. The number of benzene rings is 2. The van der Waals surface area contributed by atoms with E-state index in [0.29, 0.717) is 42.1 Å². The molecule has 0 radical (unpaired) electrons. The lowest BCUT2D eigenvalue weighted by molar-refractivity contribution is -0.223. The molecule has 4 N–H and O–H groups in total. The third-order valence-corrected chi connectivity index (χ3v) is 6.62. The monoisotopic (exact) mass is 486 g/mol. The molecule has 35 heavy (non-hydrogen) atoms. The van der Waals surface area contributed by atoms with E-state index in [4.69, 9.17) is 20.9 Å². The number of unbranched alkanes of at least 4 members (excludes halogenated alkanes) is 1. The molecule has 1 aliphatic carbocycles. The van der Waals surface area contributed by atoms with Crippen molar-refractivity contribution in [3.8, 4) is 5.75 Å². The molecule has 0 atom stereocenters. The second-order valence-electron chi connectivity index (χ2n) is 9.30. The van der Waals surface area contributed by atoms with Gasteiger partial charge in [0.25, 0.3) is 0 Å². The van der Waals surface area contributed by atoms with Gasteiger partial charge in [0.1, 0.15) is 5.75 Å². The Balaban J connectivity index is 1.43. The van der Waals surface area contributed by atoms with Gasteiger partial charge >= 0.3 is 12.1 Å². The average Bonchev–Trinajstić information content (AvgIpc) is 2.84. The van der Waals surface area contributed by atoms with Gasteiger partial charge < -0.3 is 20.9 Å². The van der Waals surface area contributed by atoms with E-state index in [9.17, 15) is 13.6 Å². The number of nitrogens with two attached hydrogens (primary N) is 2. The van der Waals surface area contributed by atoms with Gasteiger partial charge in [-0.05, 0) is 73.1 Å². The summed E-state index contributed by atoms with van der Waals surface area (Å²) in [6.45, 7) is 2.33. The van der Waals surface area contributed by atoms with Crippen LogP contribution in [0.15, 0.2) is 48.5 Å². The fraction of sp³-hybridized carbons (Fsp3) is 0.464. The maximum atomic E-state index is 14.7. The number of hydrogen-bond acceptors (Lipinski definition) is 5. The Morgan fingerprint density at radius 1 is 1.09 bits per heavy atom.